The van der Waals surface area contributed by atoms with Crippen LogP contribution in [0.3, 0.4) is 0 Å². The van der Waals surface area contributed by atoms with Crippen LogP contribution in [0, 0.1) is 0 Å². The van der Waals surface area contributed by atoms with Gasteiger partial charge in [-0.25, -0.2) is 8.37 Å². The Bertz CT molecular complexity index is 1230. The molecule has 0 rings (SSSR count). The van der Waals surface area contributed by atoms with Crippen LogP contribution in [0.2, 0.25) is 0 Å². The Morgan fingerprint density at radius 1 is 0.553 bits per heavy atom. The lowest BCUT2D eigenvalue weighted by Crippen LogP contribution is -2.34. The smallest absolute Gasteiger partial charge is 0.392 e. The highest BCUT2D eigenvalue weighted by Crippen LogP contribution is 2.20. The molecule has 1 N–H and O–H groups in total. The number of unbranched alkanes of at least 4 members (excludes halogenated alkanes) is 10. The topological polar surface area (TPSA) is 212 Å². The molecule has 0 spiro atoms. The summed E-state index contributed by atoms with van der Waals surface area (Å²) in [7, 11) is -10.5. The molecule has 15 nitrogen and oxygen atoms in total. The van der Waals surface area contributed by atoms with Gasteiger partial charge in [0.15, 0.2) is 0 Å². The zero-order valence-corrected chi connectivity index (χ0v) is 32.0. The highest BCUT2D eigenvalue weighted by atomic mass is 32.3. The molecule has 0 aliphatic heterocycles. The first-order valence-corrected chi connectivity index (χ1v) is 21.4. The maximum atomic E-state index is 11.8. The van der Waals surface area contributed by atoms with Crippen molar-refractivity contribution in [2.24, 2.45) is 0 Å². The molecular formula is C28H58O15S4. The minimum absolute atomic E-state index is 0.0903. The average Bonchev–Trinajstić information content (AvgIpc) is 3.04. The first-order chi connectivity index (χ1) is 22.0. The van der Waals surface area contributed by atoms with Crippen molar-refractivity contribution in [3.63, 3.8) is 0 Å². The minimum atomic E-state index is -3.85. The van der Waals surface area contributed by atoms with E-state index in [4.69, 9.17) is 0 Å². The van der Waals surface area contributed by atoms with E-state index in [9.17, 15) is 38.8 Å². The molecule has 19 heteroatoms. The molecule has 0 bridgehead atoms. The van der Waals surface area contributed by atoms with Gasteiger partial charge in [0.25, 0.3) is 20.2 Å². The second-order valence-electron chi connectivity index (χ2n) is 10.5. The van der Waals surface area contributed by atoms with Crippen LogP contribution >= 0.6 is 0 Å². The fourth-order valence-corrected chi connectivity index (χ4v) is 7.49. The molecule has 0 aliphatic carbocycles. The molecule has 0 fully saturated rings. The number of allylic oxidation sites excluding steroid dienone is 1. The highest BCUT2D eigenvalue weighted by Gasteiger charge is 2.31. The van der Waals surface area contributed by atoms with Crippen molar-refractivity contribution in [3.05, 3.63) is 12.2 Å². The molecule has 47 heavy (non-hydrogen) atoms. The first-order valence-electron chi connectivity index (χ1n) is 15.8. The summed E-state index contributed by atoms with van der Waals surface area (Å²) in [6.07, 6.45) is 13.6. The molecule has 3 atom stereocenters. The molecule has 0 radical (unpaired) electrons. The third-order valence-corrected chi connectivity index (χ3v) is 12.2. The third kappa shape index (κ3) is 25.0. The molecule has 0 amide bonds. The van der Waals surface area contributed by atoms with Crippen LogP contribution in [-0.4, -0.2) is 97.0 Å². The molecule has 284 valence electrons. The second-order valence-corrected chi connectivity index (χ2v) is 17.1. The number of aliphatic hydroxyl groups excluding tert-OH is 1. The van der Waals surface area contributed by atoms with Gasteiger partial charge in [0, 0.05) is 0 Å². The quantitative estimate of drug-likeness (QED) is 0.0640. The van der Waals surface area contributed by atoms with Crippen molar-refractivity contribution in [3.8, 4) is 0 Å². The molecule has 0 saturated heterocycles. The summed E-state index contributed by atoms with van der Waals surface area (Å²) in [4.78, 5) is 0. The second kappa shape index (κ2) is 27.0. The van der Waals surface area contributed by atoms with E-state index in [2.05, 4.69) is 25.1 Å². The van der Waals surface area contributed by atoms with Crippen molar-refractivity contribution >= 4 is 41.0 Å². The van der Waals surface area contributed by atoms with Crippen LogP contribution in [0.5, 0.6) is 0 Å². The van der Waals surface area contributed by atoms with Gasteiger partial charge >= 0.3 is 20.8 Å². The third-order valence-electron chi connectivity index (χ3n) is 7.09. The SMILES string of the molecule is C/C=C/C(CCCCCCCCOS(=O)(=O)OC)S(=O)(=O)OC.CCC(O)C(CCCCCCCCOS(=O)(=O)OC)S(=O)(=O)OC. The maximum Gasteiger partial charge on any atom is 0.399 e. The van der Waals surface area contributed by atoms with Crippen molar-refractivity contribution in [2.75, 3.05) is 41.7 Å². The predicted molar refractivity (Wildman–Crippen MR) is 179 cm³/mol. The van der Waals surface area contributed by atoms with Crippen LogP contribution in [-0.2, 0) is 66.1 Å². The van der Waals surface area contributed by atoms with Crippen molar-refractivity contribution in [1.29, 1.82) is 0 Å². The largest absolute Gasteiger partial charge is 0.399 e. The van der Waals surface area contributed by atoms with Crippen molar-refractivity contribution < 1.29 is 63.9 Å². The molecule has 0 saturated carbocycles. The van der Waals surface area contributed by atoms with Gasteiger partial charge in [-0.05, 0) is 39.0 Å². The van der Waals surface area contributed by atoms with Crippen molar-refractivity contribution in [1.82, 2.24) is 0 Å². The van der Waals surface area contributed by atoms with E-state index in [1.165, 1.54) is 7.11 Å². The van der Waals surface area contributed by atoms with Gasteiger partial charge in [0.2, 0.25) is 0 Å². The Morgan fingerprint density at radius 3 is 1.30 bits per heavy atom. The van der Waals surface area contributed by atoms with E-state index in [-0.39, 0.29) is 13.2 Å². The van der Waals surface area contributed by atoms with Crippen LogP contribution in [0.1, 0.15) is 110 Å². The number of aliphatic hydroxyl groups is 1. The van der Waals surface area contributed by atoms with Gasteiger partial charge in [0.05, 0.1) is 47.8 Å². The fourth-order valence-electron chi connectivity index (χ4n) is 4.32. The molecular weight excluding hydrogens is 705 g/mol. The molecule has 0 aromatic heterocycles. The van der Waals surface area contributed by atoms with Gasteiger partial charge < -0.3 is 5.11 Å². The summed E-state index contributed by atoms with van der Waals surface area (Å²) in [5.74, 6) is 0. The monoisotopic (exact) mass is 762 g/mol. The first kappa shape index (κ1) is 48.4. The zero-order chi connectivity index (χ0) is 36.4. The Kier molecular flexibility index (Phi) is 27.8. The van der Waals surface area contributed by atoms with Gasteiger partial charge in [0.1, 0.15) is 10.5 Å². The lowest BCUT2D eigenvalue weighted by molar-refractivity contribution is 0.154. The normalized spacial score (nSPS) is 14.9. The summed E-state index contributed by atoms with van der Waals surface area (Å²) < 4.78 is 117. The molecule has 0 heterocycles. The summed E-state index contributed by atoms with van der Waals surface area (Å²) in [5.41, 5.74) is 0. The van der Waals surface area contributed by atoms with Crippen LogP contribution in [0.15, 0.2) is 12.2 Å². The molecule has 0 aromatic rings. The maximum absolute atomic E-state index is 11.8. The van der Waals surface area contributed by atoms with Crippen LogP contribution in [0.4, 0.5) is 0 Å². The van der Waals surface area contributed by atoms with E-state index >= 15 is 0 Å². The Balaban J connectivity index is 0. The average molecular weight is 763 g/mol. The van der Waals surface area contributed by atoms with Gasteiger partial charge in [-0.2, -0.15) is 33.7 Å². The summed E-state index contributed by atoms with van der Waals surface area (Å²) >= 11 is 0. The molecule has 0 aromatic carbocycles. The number of rotatable bonds is 29. The molecule has 3 unspecified atom stereocenters. The fraction of sp³-hybridized carbons (Fsp3) is 0.929. The summed E-state index contributed by atoms with van der Waals surface area (Å²) in [6, 6.07) is 0. The Labute approximate surface area is 284 Å². The van der Waals surface area contributed by atoms with Crippen LogP contribution in [0.25, 0.3) is 0 Å². The van der Waals surface area contributed by atoms with Gasteiger partial charge in [-0.3, -0.25) is 16.7 Å². The van der Waals surface area contributed by atoms with Gasteiger partial charge in [-0.15, -0.1) is 0 Å². The Hall–Kier alpha value is -0.740. The highest BCUT2D eigenvalue weighted by molar-refractivity contribution is 7.87. The van der Waals surface area contributed by atoms with E-state index in [1.54, 1.807) is 26.0 Å². The summed E-state index contributed by atoms with van der Waals surface area (Å²) in [5, 5.41) is 8.36. The Morgan fingerprint density at radius 2 is 0.936 bits per heavy atom. The number of hydrogen-bond acceptors (Lipinski definition) is 15. The van der Waals surface area contributed by atoms with E-state index in [1.807, 2.05) is 0 Å². The lowest BCUT2D eigenvalue weighted by atomic mass is 10.0. The predicted octanol–water partition coefficient (Wildman–Crippen LogP) is 4.29. The standard InChI is InChI=1S/C14H30O8S2.C14H28O7S2/c1-4-13(15)14(23(16,17)20-2)11-9-7-5-6-8-10-12-22-24(18,19)21-3;1-4-11-14(22(15,16)19-2)12-9-7-5-6-8-10-13-21-23(17,18)20-3/h13-15H,4-12H2,1-3H3;4,11,14H,5-10,12-13H2,1-3H3/b;11-4+. The van der Waals surface area contributed by atoms with Crippen LogP contribution < -0.4 is 0 Å². The minimum Gasteiger partial charge on any atom is -0.392 e. The zero-order valence-electron chi connectivity index (χ0n) is 28.7. The van der Waals surface area contributed by atoms with Crippen molar-refractivity contribution in [2.45, 2.75) is 127 Å². The molecule has 0 aliphatic rings. The van der Waals surface area contributed by atoms with E-state index in [0.717, 1.165) is 79.1 Å². The van der Waals surface area contributed by atoms with E-state index in [0.29, 0.717) is 38.5 Å². The summed E-state index contributed by atoms with van der Waals surface area (Å²) in [6.45, 7) is 3.72. The van der Waals surface area contributed by atoms with Gasteiger partial charge in [-0.1, -0.05) is 83.3 Å². The lowest BCUT2D eigenvalue weighted by Gasteiger charge is -2.20. The van der Waals surface area contributed by atoms with E-state index < -0.39 is 57.6 Å². The number of hydrogen-bond donors (Lipinski definition) is 1.